The van der Waals surface area contributed by atoms with Crippen LogP contribution in [0.4, 0.5) is 4.39 Å². The fourth-order valence-corrected chi connectivity index (χ4v) is 1.80. The van der Waals surface area contributed by atoms with Crippen LogP contribution in [0.25, 0.3) is 0 Å². The standard InChI is InChI=1S/C15H13FO4/c16-12-6-2-1-5-10(12)11(15(18)19)9-20-14-8-4-3-7-13(14)17/h1-8,11,17H,9H2,(H,18,19). The zero-order valence-corrected chi connectivity index (χ0v) is 10.5. The van der Waals surface area contributed by atoms with Crippen LogP contribution >= 0.6 is 0 Å². The molecule has 0 heterocycles. The molecule has 1 unspecified atom stereocenters. The number of carboxylic acid groups (broad SMARTS) is 1. The molecule has 0 fully saturated rings. The van der Waals surface area contributed by atoms with Crippen LogP contribution in [0.15, 0.2) is 48.5 Å². The van der Waals surface area contributed by atoms with Crippen LogP contribution in [0.5, 0.6) is 11.5 Å². The van der Waals surface area contributed by atoms with Gasteiger partial charge in [0, 0.05) is 5.56 Å². The van der Waals surface area contributed by atoms with E-state index in [4.69, 9.17) is 4.74 Å². The lowest BCUT2D eigenvalue weighted by molar-refractivity contribution is -0.139. The summed E-state index contributed by atoms with van der Waals surface area (Å²) in [7, 11) is 0. The van der Waals surface area contributed by atoms with Crippen molar-refractivity contribution in [3.05, 3.63) is 59.9 Å². The number of rotatable bonds is 5. The van der Waals surface area contributed by atoms with E-state index in [9.17, 15) is 19.4 Å². The van der Waals surface area contributed by atoms with Crippen molar-refractivity contribution < 1.29 is 24.1 Å². The van der Waals surface area contributed by atoms with E-state index in [1.807, 2.05) is 0 Å². The Morgan fingerprint density at radius 1 is 1.15 bits per heavy atom. The van der Waals surface area contributed by atoms with Crippen molar-refractivity contribution >= 4 is 5.97 Å². The van der Waals surface area contributed by atoms with Crippen LogP contribution in [0.1, 0.15) is 11.5 Å². The summed E-state index contributed by atoms with van der Waals surface area (Å²) in [6.45, 7) is -0.270. The highest BCUT2D eigenvalue weighted by Crippen LogP contribution is 2.27. The number of aliphatic carboxylic acids is 1. The summed E-state index contributed by atoms with van der Waals surface area (Å²) in [6, 6.07) is 11.9. The Kier molecular flexibility index (Phi) is 4.20. The lowest BCUT2D eigenvalue weighted by Crippen LogP contribution is -2.20. The second kappa shape index (κ2) is 6.06. The van der Waals surface area contributed by atoms with Crippen molar-refractivity contribution in [2.75, 3.05) is 6.61 Å². The topological polar surface area (TPSA) is 66.8 Å². The van der Waals surface area contributed by atoms with Gasteiger partial charge in [0.1, 0.15) is 18.3 Å². The zero-order chi connectivity index (χ0) is 14.5. The summed E-state index contributed by atoms with van der Waals surface area (Å²) in [4.78, 5) is 11.2. The molecule has 1 atom stereocenters. The molecule has 0 aliphatic carbocycles. The minimum atomic E-state index is -1.19. The van der Waals surface area contributed by atoms with Crippen LogP contribution in [0, 0.1) is 5.82 Å². The maximum absolute atomic E-state index is 13.6. The summed E-state index contributed by atoms with van der Waals surface area (Å²) in [5, 5.41) is 18.7. The summed E-state index contributed by atoms with van der Waals surface area (Å²) in [5.74, 6) is -2.86. The van der Waals surface area contributed by atoms with Gasteiger partial charge in [-0.2, -0.15) is 0 Å². The van der Waals surface area contributed by atoms with E-state index >= 15 is 0 Å². The van der Waals surface area contributed by atoms with Crippen LogP contribution in [-0.2, 0) is 4.79 Å². The predicted octanol–water partition coefficient (Wildman–Crippen LogP) is 2.78. The van der Waals surface area contributed by atoms with Crippen molar-refractivity contribution in [1.82, 2.24) is 0 Å². The van der Waals surface area contributed by atoms with E-state index in [2.05, 4.69) is 0 Å². The van der Waals surface area contributed by atoms with Gasteiger partial charge in [0.2, 0.25) is 0 Å². The molecule has 2 N–H and O–H groups in total. The number of hydrogen-bond donors (Lipinski definition) is 2. The molecule has 104 valence electrons. The van der Waals surface area contributed by atoms with Gasteiger partial charge in [0.15, 0.2) is 11.5 Å². The van der Waals surface area contributed by atoms with E-state index in [1.165, 1.54) is 30.3 Å². The highest BCUT2D eigenvalue weighted by atomic mass is 19.1. The Morgan fingerprint density at radius 2 is 1.80 bits per heavy atom. The average molecular weight is 276 g/mol. The molecule has 0 spiro atoms. The first-order chi connectivity index (χ1) is 9.59. The number of ether oxygens (including phenoxy) is 1. The first-order valence-electron chi connectivity index (χ1n) is 5.97. The van der Waals surface area contributed by atoms with E-state index < -0.39 is 17.7 Å². The van der Waals surface area contributed by atoms with E-state index in [1.54, 1.807) is 18.2 Å². The van der Waals surface area contributed by atoms with Gasteiger partial charge in [-0.25, -0.2) is 4.39 Å². The molecule has 4 nitrogen and oxygen atoms in total. The van der Waals surface area contributed by atoms with Gasteiger partial charge >= 0.3 is 5.97 Å². The number of para-hydroxylation sites is 2. The molecule has 2 aromatic carbocycles. The first-order valence-corrected chi connectivity index (χ1v) is 5.97. The fraction of sp³-hybridized carbons (Fsp3) is 0.133. The molecule has 0 aromatic heterocycles. The van der Waals surface area contributed by atoms with Gasteiger partial charge in [-0.05, 0) is 18.2 Å². The molecule has 20 heavy (non-hydrogen) atoms. The van der Waals surface area contributed by atoms with Gasteiger partial charge in [0.05, 0.1) is 0 Å². The molecule has 0 aliphatic rings. The summed E-state index contributed by atoms with van der Waals surface area (Å²) < 4.78 is 18.9. The second-order valence-corrected chi connectivity index (χ2v) is 4.19. The minimum Gasteiger partial charge on any atom is -0.504 e. The molecule has 5 heteroatoms. The molecule has 0 amide bonds. The summed E-state index contributed by atoms with van der Waals surface area (Å²) in [6.07, 6.45) is 0. The Balaban J connectivity index is 2.18. The van der Waals surface area contributed by atoms with Crippen molar-refractivity contribution in [1.29, 1.82) is 0 Å². The molecular formula is C15H13FO4. The minimum absolute atomic E-state index is 0.0513. The lowest BCUT2D eigenvalue weighted by Gasteiger charge is -2.15. The van der Waals surface area contributed by atoms with E-state index in [-0.39, 0.29) is 23.7 Å². The van der Waals surface area contributed by atoms with Gasteiger partial charge in [-0.1, -0.05) is 30.3 Å². The van der Waals surface area contributed by atoms with Crippen LogP contribution in [0.3, 0.4) is 0 Å². The third kappa shape index (κ3) is 3.06. The van der Waals surface area contributed by atoms with Gasteiger partial charge in [-0.15, -0.1) is 0 Å². The third-order valence-corrected chi connectivity index (χ3v) is 2.85. The first kappa shape index (κ1) is 13.9. The molecule has 0 bridgehead atoms. The highest BCUT2D eigenvalue weighted by molar-refractivity contribution is 5.76. The van der Waals surface area contributed by atoms with Crippen molar-refractivity contribution in [2.24, 2.45) is 0 Å². The maximum atomic E-state index is 13.6. The normalized spacial score (nSPS) is 11.8. The van der Waals surface area contributed by atoms with Crippen molar-refractivity contribution in [3.63, 3.8) is 0 Å². The quantitative estimate of drug-likeness (QED) is 0.881. The van der Waals surface area contributed by atoms with Crippen LogP contribution in [0.2, 0.25) is 0 Å². The fourth-order valence-electron chi connectivity index (χ4n) is 1.80. The molecule has 2 aromatic rings. The maximum Gasteiger partial charge on any atom is 0.314 e. The summed E-state index contributed by atoms with van der Waals surface area (Å²) in [5.41, 5.74) is 0.0513. The molecule has 0 saturated carbocycles. The molecular weight excluding hydrogens is 263 g/mol. The lowest BCUT2D eigenvalue weighted by atomic mass is 10.00. The Bertz CT molecular complexity index is 612. The molecule has 0 aliphatic heterocycles. The Labute approximate surface area is 115 Å². The molecule has 0 radical (unpaired) electrons. The second-order valence-electron chi connectivity index (χ2n) is 4.19. The Morgan fingerprint density at radius 3 is 2.45 bits per heavy atom. The highest BCUT2D eigenvalue weighted by Gasteiger charge is 2.24. The molecule has 2 rings (SSSR count). The average Bonchev–Trinajstić information content (AvgIpc) is 2.42. The number of carboxylic acids is 1. The predicted molar refractivity (Wildman–Crippen MR) is 70.4 cm³/mol. The zero-order valence-electron chi connectivity index (χ0n) is 10.5. The Hall–Kier alpha value is -2.56. The molecule has 0 saturated heterocycles. The van der Waals surface area contributed by atoms with Crippen molar-refractivity contribution in [2.45, 2.75) is 5.92 Å². The number of aromatic hydroxyl groups is 1. The monoisotopic (exact) mass is 276 g/mol. The van der Waals surface area contributed by atoms with Crippen LogP contribution < -0.4 is 4.74 Å². The number of halogens is 1. The van der Waals surface area contributed by atoms with Crippen molar-refractivity contribution in [3.8, 4) is 11.5 Å². The smallest absolute Gasteiger partial charge is 0.314 e. The van der Waals surface area contributed by atoms with E-state index in [0.717, 1.165) is 0 Å². The summed E-state index contributed by atoms with van der Waals surface area (Å²) >= 11 is 0. The van der Waals surface area contributed by atoms with Gasteiger partial charge < -0.3 is 14.9 Å². The number of benzene rings is 2. The largest absolute Gasteiger partial charge is 0.504 e. The number of phenolic OH excluding ortho intramolecular Hbond substituents is 1. The number of hydrogen-bond acceptors (Lipinski definition) is 3. The number of carbonyl (C=O) groups is 1. The van der Waals surface area contributed by atoms with Gasteiger partial charge in [-0.3, -0.25) is 4.79 Å². The number of phenols is 1. The van der Waals surface area contributed by atoms with Gasteiger partial charge in [0.25, 0.3) is 0 Å². The van der Waals surface area contributed by atoms with Crippen LogP contribution in [-0.4, -0.2) is 22.8 Å². The third-order valence-electron chi connectivity index (χ3n) is 2.85. The SMILES string of the molecule is O=C(O)C(COc1ccccc1O)c1ccccc1F. The van der Waals surface area contributed by atoms with E-state index in [0.29, 0.717) is 0 Å².